The van der Waals surface area contributed by atoms with Crippen LogP contribution in [-0.2, 0) is 4.79 Å². The van der Waals surface area contributed by atoms with E-state index in [0.29, 0.717) is 17.6 Å². The molecule has 0 spiro atoms. The third kappa shape index (κ3) is 4.09. The van der Waals surface area contributed by atoms with Crippen molar-refractivity contribution in [2.75, 3.05) is 26.1 Å². The van der Waals surface area contributed by atoms with E-state index in [2.05, 4.69) is 5.32 Å². The van der Waals surface area contributed by atoms with Crippen LogP contribution in [0, 0.1) is 11.6 Å². The highest BCUT2D eigenvalue weighted by atomic mass is 19.1. The standard InChI is InChI=1S/C16H15F2NO4/c1-21-13-4-3-5-14(22-2)16(13)23-9-15(20)19-12-7-6-10(17)8-11(12)18/h3-8H,9H2,1-2H3,(H,19,20). The Morgan fingerprint density at radius 2 is 1.74 bits per heavy atom. The molecule has 2 rings (SSSR count). The Morgan fingerprint density at radius 1 is 1.09 bits per heavy atom. The van der Waals surface area contributed by atoms with Crippen molar-refractivity contribution in [2.24, 2.45) is 0 Å². The molecule has 1 N–H and O–H groups in total. The molecule has 0 bridgehead atoms. The molecule has 122 valence electrons. The van der Waals surface area contributed by atoms with Crippen LogP contribution in [0.5, 0.6) is 17.2 Å². The average Bonchev–Trinajstić information content (AvgIpc) is 2.55. The number of hydrogen-bond acceptors (Lipinski definition) is 4. The van der Waals surface area contributed by atoms with Gasteiger partial charge in [-0.25, -0.2) is 8.78 Å². The smallest absolute Gasteiger partial charge is 0.262 e. The molecule has 0 radical (unpaired) electrons. The van der Waals surface area contributed by atoms with Crippen molar-refractivity contribution in [1.82, 2.24) is 0 Å². The van der Waals surface area contributed by atoms with Crippen LogP contribution in [0.4, 0.5) is 14.5 Å². The Hall–Kier alpha value is -2.83. The number of carbonyl (C=O) groups excluding carboxylic acids is 1. The van der Waals surface area contributed by atoms with Crippen LogP contribution in [0.25, 0.3) is 0 Å². The lowest BCUT2D eigenvalue weighted by Crippen LogP contribution is -2.21. The summed E-state index contributed by atoms with van der Waals surface area (Å²) in [7, 11) is 2.91. The molecule has 0 aliphatic carbocycles. The molecule has 0 heterocycles. The fraction of sp³-hybridized carbons (Fsp3) is 0.188. The highest BCUT2D eigenvalue weighted by Gasteiger charge is 2.14. The Bertz CT molecular complexity index is 684. The minimum atomic E-state index is -0.867. The van der Waals surface area contributed by atoms with E-state index in [4.69, 9.17) is 14.2 Å². The van der Waals surface area contributed by atoms with Gasteiger partial charge in [-0.2, -0.15) is 0 Å². The Labute approximate surface area is 131 Å². The fourth-order valence-electron chi connectivity index (χ4n) is 1.87. The Kier molecular flexibility index (Phi) is 5.35. The van der Waals surface area contributed by atoms with Crippen LogP contribution in [0.2, 0.25) is 0 Å². The van der Waals surface area contributed by atoms with Crippen LogP contribution < -0.4 is 19.5 Å². The van der Waals surface area contributed by atoms with Gasteiger partial charge in [0.1, 0.15) is 11.6 Å². The summed E-state index contributed by atoms with van der Waals surface area (Å²) in [6.45, 7) is -0.395. The first-order valence-corrected chi connectivity index (χ1v) is 6.64. The number of carbonyl (C=O) groups is 1. The molecule has 23 heavy (non-hydrogen) atoms. The van der Waals surface area contributed by atoms with Crippen LogP contribution >= 0.6 is 0 Å². The highest BCUT2D eigenvalue weighted by Crippen LogP contribution is 2.36. The molecule has 1 amide bonds. The maximum atomic E-state index is 13.5. The second kappa shape index (κ2) is 7.44. The molecule has 0 aromatic heterocycles. The number of anilines is 1. The number of amides is 1. The van der Waals surface area contributed by atoms with Gasteiger partial charge in [-0.3, -0.25) is 4.79 Å². The van der Waals surface area contributed by atoms with Gasteiger partial charge in [-0.15, -0.1) is 0 Å². The zero-order valence-electron chi connectivity index (χ0n) is 12.6. The molecule has 0 unspecified atom stereocenters. The lowest BCUT2D eigenvalue weighted by Gasteiger charge is -2.14. The van der Waals surface area contributed by atoms with Gasteiger partial charge < -0.3 is 19.5 Å². The predicted octanol–water partition coefficient (Wildman–Crippen LogP) is 3.00. The quantitative estimate of drug-likeness (QED) is 0.888. The van der Waals surface area contributed by atoms with Crippen molar-refractivity contribution in [3.63, 3.8) is 0 Å². The summed E-state index contributed by atoms with van der Waals surface area (Å²) in [5.41, 5.74) is -0.132. The maximum absolute atomic E-state index is 13.5. The fourth-order valence-corrected chi connectivity index (χ4v) is 1.87. The molecule has 0 saturated carbocycles. The predicted molar refractivity (Wildman–Crippen MR) is 80.0 cm³/mol. The number of rotatable bonds is 6. The number of methoxy groups -OCH3 is 2. The molecule has 0 atom stereocenters. The lowest BCUT2D eigenvalue weighted by molar-refractivity contribution is -0.118. The number of halogens is 2. The van der Waals surface area contributed by atoms with Gasteiger partial charge in [0.2, 0.25) is 5.75 Å². The molecule has 0 aliphatic heterocycles. The lowest BCUT2D eigenvalue weighted by atomic mass is 10.3. The van der Waals surface area contributed by atoms with E-state index in [-0.39, 0.29) is 11.4 Å². The van der Waals surface area contributed by atoms with Gasteiger partial charge in [-0.1, -0.05) is 6.07 Å². The Balaban J connectivity index is 2.05. The van der Waals surface area contributed by atoms with Crippen molar-refractivity contribution >= 4 is 11.6 Å². The van der Waals surface area contributed by atoms with Crippen molar-refractivity contribution in [1.29, 1.82) is 0 Å². The number of benzene rings is 2. The van der Waals surface area contributed by atoms with Gasteiger partial charge in [0, 0.05) is 6.07 Å². The van der Waals surface area contributed by atoms with Gasteiger partial charge >= 0.3 is 0 Å². The van der Waals surface area contributed by atoms with Crippen LogP contribution in [0.1, 0.15) is 0 Å². The van der Waals surface area contributed by atoms with Gasteiger partial charge in [0.05, 0.1) is 19.9 Å². The number of nitrogens with one attached hydrogen (secondary N) is 1. The van der Waals surface area contributed by atoms with E-state index in [1.165, 1.54) is 14.2 Å². The first kappa shape index (κ1) is 16.5. The molecule has 0 aliphatic rings. The molecule has 7 heteroatoms. The summed E-state index contributed by atoms with van der Waals surface area (Å²) >= 11 is 0. The number of ether oxygens (including phenoxy) is 3. The third-order valence-corrected chi connectivity index (χ3v) is 2.94. The van der Waals surface area contributed by atoms with E-state index >= 15 is 0 Å². The highest BCUT2D eigenvalue weighted by molar-refractivity contribution is 5.92. The number of hydrogen-bond donors (Lipinski definition) is 1. The van der Waals surface area contributed by atoms with Crippen LogP contribution in [-0.4, -0.2) is 26.7 Å². The van der Waals surface area contributed by atoms with Crippen LogP contribution in [0.3, 0.4) is 0 Å². The summed E-state index contributed by atoms with van der Waals surface area (Å²) in [6.07, 6.45) is 0. The minimum absolute atomic E-state index is 0.132. The van der Waals surface area contributed by atoms with E-state index in [9.17, 15) is 13.6 Å². The zero-order valence-corrected chi connectivity index (χ0v) is 12.6. The zero-order chi connectivity index (χ0) is 16.8. The normalized spacial score (nSPS) is 10.1. The van der Waals surface area contributed by atoms with Crippen molar-refractivity contribution < 1.29 is 27.8 Å². The molecular weight excluding hydrogens is 308 g/mol. The first-order valence-electron chi connectivity index (χ1n) is 6.64. The first-order chi connectivity index (χ1) is 11.0. The van der Waals surface area contributed by atoms with Crippen LogP contribution in [0.15, 0.2) is 36.4 Å². The second-order valence-corrected chi connectivity index (χ2v) is 4.45. The summed E-state index contributed by atoms with van der Waals surface area (Å²) in [4.78, 5) is 11.8. The molecule has 0 saturated heterocycles. The van der Waals surface area contributed by atoms with E-state index in [1.54, 1.807) is 18.2 Å². The van der Waals surface area contributed by atoms with Crippen molar-refractivity contribution in [2.45, 2.75) is 0 Å². The van der Waals surface area contributed by atoms with E-state index < -0.39 is 24.1 Å². The van der Waals surface area contributed by atoms with E-state index in [1.807, 2.05) is 0 Å². The van der Waals surface area contributed by atoms with Gasteiger partial charge in [0.15, 0.2) is 18.1 Å². The average molecular weight is 323 g/mol. The summed E-state index contributed by atoms with van der Waals surface area (Å²) in [5, 5.41) is 2.30. The third-order valence-electron chi connectivity index (χ3n) is 2.94. The van der Waals surface area contributed by atoms with E-state index in [0.717, 1.165) is 12.1 Å². The SMILES string of the molecule is COc1cccc(OC)c1OCC(=O)Nc1ccc(F)cc1F. The maximum Gasteiger partial charge on any atom is 0.262 e. The van der Waals surface area contributed by atoms with Gasteiger partial charge in [0.25, 0.3) is 5.91 Å². The summed E-state index contributed by atoms with van der Waals surface area (Å²) in [5.74, 6) is -1.16. The largest absolute Gasteiger partial charge is 0.493 e. The monoisotopic (exact) mass is 323 g/mol. The topological polar surface area (TPSA) is 56.8 Å². The molecule has 0 fully saturated rings. The summed E-state index contributed by atoms with van der Waals surface area (Å²) in [6, 6.07) is 7.86. The summed E-state index contributed by atoms with van der Waals surface area (Å²) < 4.78 is 41.9. The number of para-hydroxylation sites is 1. The second-order valence-electron chi connectivity index (χ2n) is 4.45. The van der Waals surface area contributed by atoms with Crippen molar-refractivity contribution in [3.8, 4) is 17.2 Å². The molecule has 2 aromatic rings. The van der Waals surface area contributed by atoms with Crippen molar-refractivity contribution in [3.05, 3.63) is 48.0 Å². The molecular formula is C16H15F2NO4. The molecule has 2 aromatic carbocycles. The minimum Gasteiger partial charge on any atom is -0.493 e. The molecule has 5 nitrogen and oxygen atoms in total. The Morgan fingerprint density at radius 3 is 2.30 bits per heavy atom. The van der Waals surface area contributed by atoms with Gasteiger partial charge in [-0.05, 0) is 24.3 Å².